The number of hydrogen-bond donors (Lipinski definition) is 1. The highest BCUT2D eigenvalue weighted by Gasteiger charge is 2.39. The predicted molar refractivity (Wildman–Crippen MR) is 83.2 cm³/mol. The molecule has 0 aromatic carbocycles. The summed E-state index contributed by atoms with van der Waals surface area (Å²) >= 11 is 3.36. The van der Waals surface area contributed by atoms with Gasteiger partial charge in [0.15, 0.2) is 11.7 Å². The van der Waals surface area contributed by atoms with E-state index < -0.39 is 0 Å². The zero-order valence-electron chi connectivity index (χ0n) is 11.4. The molecule has 7 nitrogen and oxygen atoms in total. The molecule has 1 saturated heterocycles. The molecular weight excluding hydrogens is 336 g/mol. The van der Waals surface area contributed by atoms with E-state index in [1.807, 2.05) is 18.0 Å². The third kappa shape index (κ3) is 1.97. The summed E-state index contributed by atoms with van der Waals surface area (Å²) in [6, 6.07) is 2.33. The third-order valence-electron chi connectivity index (χ3n) is 3.91. The normalized spacial score (nSPS) is 20.8. The van der Waals surface area contributed by atoms with E-state index in [1.165, 1.54) is 0 Å². The summed E-state index contributed by atoms with van der Waals surface area (Å²) in [5.41, 5.74) is 1.64. The molecule has 3 aliphatic rings. The zero-order chi connectivity index (χ0) is 14.6. The number of pyridine rings is 1. The van der Waals surface area contributed by atoms with Crippen molar-refractivity contribution in [3.8, 4) is 0 Å². The van der Waals surface area contributed by atoms with Crippen molar-refractivity contribution < 1.29 is 4.79 Å². The highest BCUT2D eigenvalue weighted by molar-refractivity contribution is 9.10. The van der Waals surface area contributed by atoms with Crippen molar-refractivity contribution in [2.24, 2.45) is 9.98 Å². The van der Waals surface area contributed by atoms with Gasteiger partial charge in [-0.05, 0) is 29.0 Å². The smallest absolute Gasteiger partial charge is 0.267 e. The first-order valence-electron chi connectivity index (χ1n) is 6.71. The Hall–Kier alpha value is -1.80. The monoisotopic (exact) mass is 348 g/mol. The van der Waals surface area contributed by atoms with Gasteiger partial charge in [0.1, 0.15) is 16.8 Å². The number of hydrogen-bond acceptors (Lipinski definition) is 6. The van der Waals surface area contributed by atoms with Crippen LogP contribution in [0.25, 0.3) is 0 Å². The number of nitrogens with one attached hydrogen (secondary N) is 1. The number of aliphatic imine (C=N–C) groups is 2. The number of likely N-dealkylation sites (tertiary alicyclic amines) is 1. The fourth-order valence-corrected chi connectivity index (χ4v) is 3.04. The van der Waals surface area contributed by atoms with Crippen molar-refractivity contribution in [1.29, 1.82) is 0 Å². The first-order valence-corrected chi connectivity index (χ1v) is 7.51. The lowest BCUT2D eigenvalue weighted by Crippen LogP contribution is -2.62. The molecule has 1 fully saturated rings. The van der Waals surface area contributed by atoms with Gasteiger partial charge in [0.05, 0.1) is 11.9 Å². The van der Waals surface area contributed by atoms with Crippen LogP contribution in [0.5, 0.6) is 0 Å². The summed E-state index contributed by atoms with van der Waals surface area (Å²) in [5.74, 6) is 1.29. The number of carbonyl (C=O) groups excluding carboxylic acids is 1. The Labute approximate surface area is 129 Å². The van der Waals surface area contributed by atoms with Crippen LogP contribution < -0.4 is 10.2 Å². The number of carbonyl (C=O) groups is 1. The second-order valence-electron chi connectivity index (χ2n) is 5.24. The molecule has 1 N–H and O–H groups in total. The fourth-order valence-electron chi connectivity index (χ4n) is 2.72. The van der Waals surface area contributed by atoms with E-state index in [9.17, 15) is 4.79 Å². The molecule has 1 aromatic rings. The number of aromatic nitrogens is 1. The minimum atomic E-state index is -0.135. The third-order valence-corrected chi connectivity index (χ3v) is 4.35. The van der Waals surface area contributed by atoms with Crippen molar-refractivity contribution >= 4 is 44.9 Å². The molecule has 0 spiro atoms. The molecule has 0 aliphatic carbocycles. The maximum Gasteiger partial charge on any atom is 0.267 e. The molecule has 0 unspecified atom stereocenters. The van der Waals surface area contributed by atoms with Crippen LogP contribution in [0, 0.1) is 0 Å². The van der Waals surface area contributed by atoms with E-state index in [0.717, 1.165) is 34.9 Å². The van der Waals surface area contributed by atoms with E-state index in [4.69, 9.17) is 0 Å². The predicted octanol–water partition coefficient (Wildman–Crippen LogP) is 0.536. The van der Waals surface area contributed by atoms with E-state index in [0.29, 0.717) is 11.9 Å². The van der Waals surface area contributed by atoms with E-state index in [-0.39, 0.29) is 12.5 Å². The van der Waals surface area contributed by atoms with E-state index in [1.54, 1.807) is 6.20 Å². The van der Waals surface area contributed by atoms with Gasteiger partial charge in [0.25, 0.3) is 5.91 Å². The number of amidine groups is 2. The van der Waals surface area contributed by atoms with Gasteiger partial charge in [0.2, 0.25) is 0 Å². The van der Waals surface area contributed by atoms with Gasteiger partial charge >= 0.3 is 0 Å². The Morgan fingerprint density at radius 3 is 2.90 bits per heavy atom. The summed E-state index contributed by atoms with van der Waals surface area (Å²) in [7, 11) is 1.95. The van der Waals surface area contributed by atoms with Crippen LogP contribution in [0.1, 0.15) is 0 Å². The first-order chi connectivity index (χ1) is 10.2. The van der Waals surface area contributed by atoms with E-state index in [2.05, 4.69) is 41.1 Å². The standard InChI is InChI=1S/C13H13BrN6O/c1-15-7-4-19(5-7)12-13-18-11(21)6-20(13)9-2-10(14)16-3-8(9)17-12/h2-3,7,15H,4-6H2,1H3. The SMILES string of the molecule is CNC1CN(C2=Nc3cnc(Br)cc3N3CC(=O)N=C23)C1. The average Bonchev–Trinajstić information content (AvgIpc) is 2.80. The lowest BCUT2D eigenvalue weighted by Gasteiger charge is -2.43. The number of halogens is 1. The molecule has 21 heavy (non-hydrogen) atoms. The van der Waals surface area contributed by atoms with Crippen molar-refractivity contribution in [2.45, 2.75) is 6.04 Å². The number of nitrogens with zero attached hydrogens (tertiary/aromatic N) is 5. The first kappa shape index (κ1) is 12.9. The Kier molecular flexibility index (Phi) is 2.83. The molecule has 1 aromatic heterocycles. The number of likely N-dealkylation sites (N-methyl/N-ethyl adjacent to an activating group) is 1. The molecule has 0 saturated carbocycles. The summed E-state index contributed by atoms with van der Waals surface area (Å²) in [6.45, 7) is 2.01. The van der Waals surface area contributed by atoms with E-state index >= 15 is 0 Å². The Morgan fingerprint density at radius 1 is 1.33 bits per heavy atom. The Bertz CT molecular complexity index is 694. The number of rotatable bonds is 1. The van der Waals surface area contributed by atoms with Crippen LogP contribution in [0.4, 0.5) is 11.4 Å². The molecule has 4 heterocycles. The van der Waals surface area contributed by atoms with Gasteiger partial charge in [-0.25, -0.2) is 9.98 Å². The van der Waals surface area contributed by atoms with Crippen molar-refractivity contribution in [3.63, 3.8) is 0 Å². The highest BCUT2D eigenvalue weighted by atomic mass is 79.9. The van der Waals surface area contributed by atoms with Crippen LogP contribution in [0.3, 0.4) is 0 Å². The lowest BCUT2D eigenvalue weighted by molar-refractivity contribution is -0.115. The number of fused-ring (bicyclic) bond motifs is 3. The second kappa shape index (κ2) is 4.60. The number of anilines is 1. The summed E-state index contributed by atoms with van der Waals surface area (Å²) in [5, 5.41) is 3.23. The van der Waals surface area contributed by atoms with Crippen molar-refractivity contribution in [1.82, 2.24) is 15.2 Å². The molecular formula is C13H13BrN6O. The molecule has 8 heteroatoms. The summed E-state index contributed by atoms with van der Waals surface area (Å²) in [4.78, 5) is 28.8. The Balaban J connectivity index is 1.77. The van der Waals surface area contributed by atoms with Crippen LogP contribution in [0.15, 0.2) is 26.9 Å². The van der Waals surface area contributed by atoms with Gasteiger partial charge in [-0.1, -0.05) is 0 Å². The maximum absolute atomic E-state index is 11.8. The zero-order valence-corrected chi connectivity index (χ0v) is 13.0. The van der Waals surface area contributed by atoms with Gasteiger partial charge < -0.3 is 15.1 Å². The largest absolute Gasteiger partial charge is 0.350 e. The van der Waals surface area contributed by atoms with Crippen LogP contribution in [0.2, 0.25) is 0 Å². The molecule has 108 valence electrons. The highest BCUT2D eigenvalue weighted by Crippen LogP contribution is 2.36. The molecule has 0 bridgehead atoms. The molecule has 0 atom stereocenters. The quantitative estimate of drug-likeness (QED) is 0.749. The molecule has 3 aliphatic heterocycles. The fraction of sp³-hybridized carbons (Fsp3) is 0.385. The van der Waals surface area contributed by atoms with Crippen LogP contribution >= 0.6 is 15.9 Å². The average molecular weight is 349 g/mol. The summed E-state index contributed by atoms with van der Waals surface area (Å²) < 4.78 is 0.720. The van der Waals surface area contributed by atoms with Crippen LogP contribution in [-0.2, 0) is 4.79 Å². The van der Waals surface area contributed by atoms with Crippen molar-refractivity contribution in [2.75, 3.05) is 31.6 Å². The minimum absolute atomic E-state index is 0.135. The molecule has 0 radical (unpaired) electrons. The number of amides is 1. The van der Waals surface area contributed by atoms with Crippen molar-refractivity contribution in [3.05, 3.63) is 16.9 Å². The summed E-state index contributed by atoms with van der Waals surface area (Å²) in [6.07, 6.45) is 1.72. The molecule has 4 rings (SSSR count). The van der Waals surface area contributed by atoms with Gasteiger partial charge in [-0.2, -0.15) is 4.99 Å². The van der Waals surface area contributed by atoms with Gasteiger partial charge in [0, 0.05) is 19.1 Å². The van der Waals surface area contributed by atoms with Crippen LogP contribution in [-0.4, -0.2) is 60.2 Å². The maximum atomic E-state index is 11.8. The Morgan fingerprint density at radius 2 is 2.14 bits per heavy atom. The second-order valence-corrected chi connectivity index (χ2v) is 6.05. The molecule has 1 amide bonds. The van der Waals surface area contributed by atoms with Gasteiger partial charge in [-0.3, -0.25) is 4.79 Å². The van der Waals surface area contributed by atoms with Gasteiger partial charge in [-0.15, -0.1) is 0 Å². The lowest BCUT2D eigenvalue weighted by atomic mass is 10.1. The topological polar surface area (TPSA) is 73.2 Å². The minimum Gasteiger partial charge on any atom is -0.350 e.